The second-order valence-corrected chi connectivity index (χ2v) is 4.55. The molecular formula is C13H22N2O2. The molecule has 1 aromatic rings. The Hall–Kier alpha value is -1.32. The third kappa shape index (κ3) is 3.08. The van der Waals surface area contributed by atoms with Crippen LogP contribution in [0.4, 0.5) is 0 Å². The van der Waals surface area contributed by atoms with Crippen LogP contribution < -0.4 is 0 Å². The van der Waals surface area contributed by atoms with Gasteiger partial charge in [0.1, 0.15) is 0 Å². The molecule has 4 nitrogen and oxygen atoms in total. The Morgan fingerprint density at radius 3 is 2.53 bits per heavy atom. The van der Waals surface area contributed by atoms with Crippen molar-refractivity contribution in [3.63, 3.8) is 0 Å². The van der Waals surface area contributed by atoms with E-state index in [0.29, 0.717) is 18.2 Å². The fraction of sp³-hybridized carbons (Fsp3) is 0.692. The van der Waals surface area contributed by atoms with E-state index in [1.165, 1.54) is 0 Å². The molecule has 0 aromatic carbocycles. The summed E-state index contributed by atoms with van der Waals surface area (Å²) < 4.78 is 6.92. The first-order chi connectivity index (χ1) is 8.01. The molecule has 0 N–H and O–H groups in total. The summed E-state index contributed by atoms with van der Waals surface area (Å²) in [5, 5.41) is 4.34. The highest BCUT2D eigenvalue weighted by Crippen LogP contribution is 2.18. The molecule has 0 spiro atoms. The van der Waals surface area contributed by atoms with Crippen molar-refractivity contribution < 1.29 is 9.53 Å². The molecule has 1 aromatic heterocycles. The van der Waals surface area contributed by atoms with Crippen molar-refractivity contribution in [3.05, 3.63) is 17.0 Å². The van der Waals surface area contributed by atoms with Crippen LogP contribution in [-0.4, -0.2) is 22.4 Å². The number of aromatic nitrogens is 2. The molecule has 0 radical (unpaired) electrons. The van der Waals surface area contributed by atoms with Gasteiger partial charge >= 0.3 is 5.97 Å². The van der Waals surface area contributed by atoms with E-state index in [9.17, 15) is 4.79 Å². The molecule has 96 valence electrons. The number of nitrogens with zero attached hydrogens (tertiary/aromatic N) is 2. The fourth-order valence-electron chi connectivity index (χ4n) is 1.89. The summed E-state index contributed by atoms with van der Waals surface area (Å²) in [5.41, 5.74) is 2.56. The minimum atomic E-state index is -0.317. The molecule has 0 fully saturated rings. The van der Waals surface area contributed by atoms with Gasteiger partial charge in [-0.25, -0.2) is 4.79 Å². The molecule has 0 amide bonds. The smallest absolute Gasteiger partial charge is 0.359 e. The molecule has 1 rings (SSSR count). The van der Waals surface area contributed by atoms with Gasteiger partial charge < -0.3 is 4.74 Å². The van der Waals surface area contributed by atoms with Crippen LogP contribution in [-0.2, 0) is 17.7 Å². The van der Waals surface area contributed by atoms with Crippen LogP contribution in [0.5, 0.6) is 0 Å². The molecule has 0 aliphatic rings. The van der Waals surface area contributed by atoms with E-state index in [0.717, 1.165) is 24.2 Å². The summed E-state index contributed by atoms with van der Waals surface area (Å²) in [6, 6.07) is 0. The number of aryl methyl sites for hydroxylation is 1. The van der Waals surface area contributed by atoms with Crippen LogP contribution in [0.25, 0.3) is 0 Å². The maximum absolute atomic E-state index is 11.7. The number of ether oxygens (including phenoxy) is 1. The second-order valence-electron chi connectivity index (χ2n) is 4.55. The maximum Gasteiger partial charge on any atom is 0.359 e. The van der Waals surface area contributed by atoms with E-state index >= 15 is 0 Å². The normalized spacial score (nSPS) is 10.9. The minimum absolute atomic E-state index is 0.317. The second kappa shape index (κ2) is 5.84. The Labute approximate surface area is 103 Å². The van der Waals surface area contributed by atoms with E-state index in [-0.39, 0.29) is 5.97 Å². The summed E-state index contributed by atoms with van der Waals surface area (Å²) in [4.78, 5) is 11.7. The van der Waals surface area contributed by atoms with Crippen molar-refractivity contribution in [2.24, 2.45) is 5.92 Å². The lowest BCUT2D eigenvalue weighted by molar-refractivity contribution is 0.0517. The molecule has 0 saturated carbocycles. The predicted molar refractivity (Wildman–Crippen MR) is 67.1 cm³/mol. The lowest BCUT2D eigenvalue weighted by Crippen LogP contribution is -2.08. The van der Waals surface area contributed by atoms with Crippen molar-refractivity contribution in [2.45, 2.75) is 47.6 Å². The van der Waals surface area contributed by atoms with Crippen LogP contribution in [0.15, 0.2) is 0 Å². The quantitative estimate of drug-likeness (QED) is 0.741. The van der Waals surface area contributed by atoms with Gasteiger partial charge in [0.05, 0.1) is 6.61 Å². The van der Waals surface area contributed by atoms with Crippen molar-refractivity contribution in [2.75, 3.05) is 6.61 Å². The van der Waals surface area contributed by atoms with Gasteiger partial charge in [0.2, 0.25) is 0 Å². The van der Waals surface area contributed by atoms with Gasteiger partial charge in [-0.15, -0.1) is 0 Å². The van der Waals surface area contributed by atoms with Crippen LogP contribution in [0.1, 0.15) is 49.4 Å². The Kier molecular flexibility index (Phi) is 4.73. The Balaban J connectivity index is 3.09. The van der Waals surface area contributed by atoms with Crippen molar-refractivity contribution in [1.82, 2.24) is 9.78 Å². The number of rotatable bonds is 5. The van der Waals surface area contributed by atoms with Gasteiger partial charge in [-0.2, -0.15) is 5.10 Å². The first-order valence-electron chi connectivity index (χ1n) is 6.24. The molecule has 4 heteroatoms. The maximum atomic E-state index is 11.7. The van der Waals surface area contributed by atoms with Gasteiger partial charge in [-0.05, 0) is 33.1 Å². The predicted octanol–water partition coefficient (Wildman–Crippen LogP) is 2.59. The fourth-order valence-corrected chi connectivity index (χ4v) is 1.89. The lowest BCUT2D eigenvalue weighted by Gasteiger charge is -2.08. The van der Waals surface area contributed by atoms with Crippen molar-refractivity contribution >= 4 is 5.97 Å². The van der Waals surface area contributed by atoms with Crippen LogP contribution in [0.2, 0.25) is 0 Å². The van der Waals surface area contributed by atoms with Crippen LogP contribution in [0, 0.1) is 12.8 Å². The largest absolute Gasteiger partial charge is 0.461 e. The third-order valence-corrected chi connectivity index (χ3v) is 2.69. The lowest BCUT2D eigenvalue weighted by atomic mass is 10.0. The molecule has 0 aliphatic heterocycles. The van der Waals surface area contributed by atoms with E-state index in [4.69, 9.17) is 4.74 Å². The number of carbonyl (C=O) groups excluding carboxylic acids is 1. The van der Waals surface area contributed by atoms with E-state index in [1.807, 2.05) is 18.5 Å². The average Bonchev–Trinajstić information content (AvgIpc) is 2.56. The SMILES string of the molecule is CCOC(=O)c1nn(CC)c(CC(C)C)c1C. The standard InChI is InChI=1S/C13H22N2O2/c1-6-15-11(8-9(3)4)10(5)12(14-15)13(16)17-7-2/h9H,6-8H2,1-5H3. The minimum Gasteiger partial charge on any atom is -0.461 e. The molecule has 0 saturated heterocycles. The summed E-state index contributed by atoms with van der Waals surface area (Å²) >= 11 is 0. The zero-order chi connectivity index (χ0) is 13.0. The van der Waals surface area contributed by atoms with E-state index in [2.05, 4.69) is 18.9 Å². The van der Waals surface area contributed by atoms with Crippen LogP contribution >= 0.6 is 0 Å². The molecule has 0 unspecified atom stereocenters. The summed E-state index contributed by atoms with van der Waals surface area (Å²) in [6.07, 6.45) is 0.937. The number of esters is 1. The average molecular weight is 238 g/mol. The number of hydrogen-bond donors (Lipinski definition) is 0. The first kappa shape index (κ1) is 13.7. The van der Waals surface area contributed by atoms with Gasteiger partial charge in [0.15, 0.2) is 5.69 Å². The molecule has 17 heavy (non-hydrogen) atoms. The number of carbonyl (C=O) groups is 1. The van der Waals surface area contributed by atoms with Gasteiger partial charge in [0.25, 0.3) is 0 Å². The topological polar surface area (TPSA) is 44.1 Å². The van der Waals surface area contributed by atoms with Gasteiger partial charge in [-0.1, -0.05) is 13.8 Å². The molecule has 0 atom stereocenters. The molecular weight excluding hydrogens is 216 g/mol. The summed E-state index contributed by atoms with van der Waals surface area (Å²) in [7, 11) is 0. The third-order valence-electron chi connectivity index (χ3n) is 2.69. The molecule has 1 heterocycles. The zero-order valence-electron chi connectivity index (χ0n) is 11.4. The Bertz CT molecular complexity index is 394. The van der Waals surface area contributed by atoms with Gasteiger partial charge in [-0.3, -0.25) is 4.68 Å². The molecule has 0 bridgehead atoms. The Morgan fingerprint density at radius 1 is 1.41 bits per heavy atom. The number of hydrogen-bond acceptors (Lipinski definition) is 3. The zero-order valence-corrected chi connectivity index (χ0v) is 11.4. The van der Waals surface area contributed by atoms with Crippen LogP contribution in [0.3, 0.4) is 0 Å². The monoisotopic (exact) mass is 238 g/mol. The summed E-state index contributed by atoms with van der Waals surface area (Å²) in [5.74, 6) is 0.230. The summed E-state index contributed by atoms with van der Waals surface area (Å²) in [6.45, 7) is 11.3. The first-order valence-corrected chi connectivity index (χ1v) is 6.24. The Morgan fingerprint density at radius 2 is 2.06 bits per heavy atom. The highest BCUT2D eigenvalue weighted by molar-refractivity contribution is 5.89. The van der Waals surface area contributed by atoms with Crippen molar-refractivity contribution in [3.8, 4) is 0 Å². The van der Waals surface area contributed by atoms with E-state index in [1.54, 1.807) is 6.92 Å². The van der Waals surface area contributed by atoms with Gasteiger partial charge in [0, 0.05) is 17.8 Å². The highest BCUT2D eigenvalue weighted by Gasteiger charge is 2.20. The van der Waals surface area contributed by atoms with Crippen molar-refractivity contribution in [1.29, 1.82) is 0 Å². The highest BCUT2D eigenvalue weighted by atomic mass is 16.5. The molecule has 0 aliphatic carbocycles. The van der Waals surface area contributed by atoms with E-state index < -0.39 is 0 Å².